The summed E-state index contributed by atoms with van der Waals surface area (Å²) in [5, 5.41) is 2.97. The van der Waals surface area contributed by atoms with Gasteiger partial charge < -0.3 is 5.32 Å². The Bertz CT molecular complexity index is 499. The van der Waals surface area contributed by atoms with Crippen molar-refractivity contribution in [1.29, 1.82) is 0 Å². The highest BCUT2D eigenvalue weighted by Crippen LogP contribution is 2.23. The van der Waals surface area contributed by atoms with Gasteiger partial charge in [0.25, 0.3) is 0 Å². The second-order valence-corrected chi connectivity index (χ2v) is 4.61. The zero-order valence-corrected chi connectivity index (χ0v) is 12.2. The van der Waals surface area contributed by atoms with Crippen molar-refractivity contribution in [2.45, 2.75) is 19.4 Å². The minimum absolute atomic E-state index is 0.226. The number of carbonyl (C=O) groups is 1. The van der Waals surface area contributed by atoms with Crippen molar-refractivity contribution < 1.29 is 4.79 Å². The Hall–Kier alpha value is -1.94. The summed E-state index contributed by atoms with van der Waals surface area (Å²) >= 11 is 5.96. The summed E-state index contributed by atoms with van der Waals surface area (Å²) in [4.78, 5) is 20.5. The lowest BCUT2D eigenvalue weighted by molar-refractivity contribution is -0.118. The molecule has 2 unspecified atom stereocenters. The van der Waals surface area contributed by atoms with Crippen molar-refractivity contribution in [1.82, 2.24) is 4.98 Å². The first-order valence-corrected chi connectivity index (χ1v) is 6.67. The molecule has 1 rings (SSSR count). The Kier molecular flexibility index (Phi) is 6.67. The monoisotopic (exact) mass is 291 g/mol. The van der Waals surface area contributed by atoms with Crippen LogP contribution in [-0.4, -0.2) is 23.1 Å². The molecular formula is C15H18ClN3O. The quantitative estimate of drug-likeness (QED) is 0.618. The molecule has 0 spiro atoms. The van der Waals surface area contributed by atoms with Crippen LogP contribution < -0.4 is 5.32 Å². The second kappa shape index (κ2) is 8.27. The van der Waals surface area contributed by atoms with Gasteiger partial charge in [0.2, 0.25) is 5.91 Å². The number of rotatable bonds is 7. The van der Waals surface area contributed by atoms with Crippen molar-refractivity contribution in [2.24, 2.45) is 10.9 Å². The molecule has 0 saturated carbocycles. The molecule has 5 heteroatoms. The largest absolute Gasteiger partial charge is 0.324 e. The van der Waals surface area contributed by atoms with E-state index in [4.69, 9.17) is 11.6 Å². The number of carbonyl (C=O) groups excluding carboxylic acids is 1. The Labute approximate surface area is 124 Å². The van der Waals surface area contributed by atoms with Gasteiger partial charge in [0.05, 0.1) is 23.8 Å². The van der Waals surface area contributed by atoms with Crippen LogP contribution in [0, 0.1) is 5.92 Å². The SMILES string of the molecule is C=CC(N=CCC)C(C(=C)Cl)C(=O)Nc1cccnc1. The Morgan fingerprint density at radius 2 is 2.40 bits per heavy atom. The van der Waals surface area contributed by atoms with Gasteiger partial charge in [-0.25, -0.2) is 0 Å². The van der Waals surface area contributed by atoms with Gasteiger partial charge in [-0.3, -0.25) is 14.8 Å². The smallest absolute Gasteiger partial charge is 0.235 e. The zero-order valence-electron chi connectivity index (χ0n) is 11.4. The number of hydrogen-bond donors (Lipinski definition) is 1. The fourth-order valence-corrected chi connectivity index (χ4v) is 1.88. The molecule has 1 amide bonds. The Balaban J connectivity index is 2.89. The van der Waals surface area contributed by atoms with E-state index in [0.717, 1.165) is 6.42 Å². The van der Waals surface area contributed by atoms with Crippen LogP contribution in [0.3, 0.4) is 0 Å². The van der Waals surface area contributed by atoms with Gasteiger partial charge in [-0.15, -0.1) is 6.58 Å². The Morgan fingerprint density at radius 1 is 1.65 bits per heavy atom. The number of pyridine rings is 1. The molecule has 0 saturated heterocycles. The van der Waals surface area contributed by atoms with Crippen molar-refractivity contribution >= 4 is 29.4 Å². The summed E-state index contributed by atoms with van der Waals surface area (Å²) in [7, 11) is 0. The fraction of sp³-hybridized carbons (Fsp3) is 0.267. The maximum Gasteiger partial charge on any atom is 0.235 e. The lowest BCUT2D eigenvalue weighted by atomic mass is 9.99. The molecule has 1 aromatic rings. The van der Waals surface area contributed by atoms with Crippen LogP contribution in [0.4, 0.5) is 5.69 Å². The highest BCUT2D eigenvalue weighted by molar-refractivity contribution is 6.31. The summed E-state index contributed by atoms with van der Waals surface area (Å²) in [6.07, 6.45) is 7.29. The standard InChI is InChI=1S/C15H18ClN3O/c1-4-8-18-13(5-2)14(11(3)16)15(20)19-12-7-6-9-17-10-12/h5-10,13-14H,2-4H2,1H3,(H,19,20). The molecule has 1 aromatic heterocycles. The highest BCUT2D eigenvalue weighted by Gasteiger charge is 2.28. The van der Waals surface area contributed by atoms with Gasteiger partial charge in [0.1, 0.15) is 0 Å². The number of hydrogen-bond acceptors (Lipinski definition) is 3. The predicted octanol–water partition coefficient (Wildman–Crippen LogP) is 3.42. The van der Waals surface area contributed by atoms with Crippen LogP contribution in [-0.2, 0) is 4.79 Å². The van der Waals surface area contributed by atoms with Gasteiger partial charge >= 0.3 is 0 Å². The van der Waals surface area contributed by atoms with E-state index in [9.17, 15) is 4.79 Å². The molecule has 0 radical (unpaired) electrons. The number of aliphatic imine (C=N–C) groups is 1. The zero-order chi connectivity index (χ0) is 15.0. The van der Waals surface area contributed by atoms with E-state index in [1.165, 1.54) is 0 Å². The third kappa shape index (κ3) is 4.63. The number of nitrogens with zero attached hydrogens (tertiary/aromatic N) is 2. The van der Waals surface area contributed by atoms with Crippen LogP contribution in [0.25, 0.3) is 0 Å². The summed E-state index contributed by atoms with van der Waals surface area (Å²) in [6, 6.07) is 3.05. The molecule has 0 fully saturated rings. The van der Waals surface area contributed by atoms with Gasteiger partial charge in [-0.05, 0) is 24.8 Å². The van der Waals surface area contributed by atoms with Crippen LogP contribution in [0.15, 0.2) is 53.8 Å². The first-order valence-electron chi connectivity index (χ1n) is 6.29. The molecule has 20 heavy (non-hydrogen) atoms. The van der Waals surface area contributed by atoms with Gasteiger partial charge in [-0.2, -0.15) is 0 Å². The van der Waals surface area contributed by atoms with Crippen LogP contribution in [0.5, 0.6) is 0 Å². The normalized spacial score (nSPS) is 13.7. The first-order chi connectivity index (χ1) is 9.60. The molecule has 0 aliphatic carbocycles. The summed E-state index contributed by atoms with van der Waals surface area (Å²) in [5.74, 6) is -0.951. The van der Waals surface area contributed by atoms with Gasteiger partial charge in [0.15, 0.2) is 0 Å². The van der Waals surface area contributed by atoms with E-state index < -0.39 is 12.0 Å². The van der Waals surface area contributed by atoms with E-state index in [1.807, 2.05) is 6.92 Å². The van der Waals surface area contributed by atoms with E-state index in [2.05, 4.69) is 28.5 Å². The molecule has 0 aromatic carbocycles. The molecule has 0 bridgehead atoms. The molecule has 0 aliphatic heterocycles. The van der Waals surface area contributed by atoms with E-state index in [1.54, 1.807) is 36.8 Å². The average molecular weight is 292 g/mol. The fourth-order valence-electron chi connectivity index (χ4n) is 1.65. The van der Waals surface area contributed by atoms with Crippen LogP contribution in [0.1, 0.15) is 13.3 Å². The molecule has 106 valence electrons. The van der Waals surface area contributed by atoms with Gasteiger partial charge in [0, 0.05) is 11.2 Å². The topological polar surface area (TPSA) is 54.4 Å². The van der Waals surface area contributed by atoms with Crippen molar-refractivity contribution in [3.63, 3.8) is 0 Å². The number of nitrogens with one attached hydrogen (secondary N) is 1. The first kappa shape index (κ1) is 16.1. The maximum absolute atomic E-state index is 12.3. The van der Waals surface area contributed by atoms with Crippen LogP contribution >= 0.6 is 11.6 Å². The summed E-state index contributed by atoms with van der Waals surface area (Å²) in [5.41, 5.74) is 0.600. The highest BCUT2D eigenvalue weighted by atomic mass is 35.5. The van der Waals surface area contributed by atoms with E-state index >= 15 is 0 Å². The Morgan fingerprint density at radius 3 is 2.90 bits per heavy atom. The second-order valence-electron chi connectivity index (χ2n) is 4.12. The number of halogens is 1. The predicted molar refractivity (Wildman–Crippen MR) is 84.1 cm³/mol. The summed E-state index contributed by atoms with van der Waals surface area (Å²) in [6.45, 7) is 9.33. The third-order valence-electron chi connectivity index (χ3n) is 2.59. The maximum atomic E-state index is 12.3. The van der Waals surface area contributed by atoms with Crippen molar-refractivity contribution in [3.8, 4) is 0 Å². The van der Waals surface area contributed by atoms with Gasteiger partial charge in [-0.1, -0.05) is 31.2 Å². The number of anilines is 1. The minimum Gasteiger partial charge on any atom is -0.324 e. The lowest BCUT2D eigenvalue weighted by Crippen LogP contribution is -2.31. The lowest BCUT2D eigenvalue weighted by Gasteiger charge is -2.20. The van der Waals surface area contributed by atoms with Crippen LogP contribution in [0.2, 0.25) is 0 Å². The van der Waals surface area contributed by atoms with E-state index in [0.29, 0.717) is 5.69 Å². The number of aromatic nitrogens is 1. The molecule has 1 N–H and O–H groups in total. The number of amides is 1. The average Bonchev–Trinajstić information content (AvgIpc) is 2.43. The molecular weight excluding hydrogens is 274 g/mol. The minimum atomic E-state index is -0.669. The van der Waals surface area contributed by atoms with Crippen molar-refractivity contribution in [2.75, 3.05) is 5.32 Å². The summed E-state index contributed by atoms with van der Waals surface area (Å²) < 4.78 is 0. The molecule has 4 nitrogen and oxygen atoms in total. The third-order valence-corrected chi connectivity index (χ3v) is 2.83. The van der Waals surface area contributed by atoms with E-state index in [-0.39, 0.29) is 10.9 Å². The molecule has 2 atom stereocenters. The molecule has 1 heterocycles. The van der Waals surface area contributed by atoms with Crippen molar-refractivity contribution in [3.05, 3.63) is 48.8 Å². The molecule has 0 aliphatic rings.